The number of nitrogens with zero attached hydrogens (tertiary/aromatic N) is 1. The van der Waals surface area contributed by atoms with Gasteiger partial charge in [-0.2, -0.15) is 0 Å². The third-order valence-corrected chi connectivity index (χ3v) is 8.22. The Labute approximate surface area is 197 Å². The van der Waals surface area contributed by atoms with Gasteiger partial charge in [-0.05, 0) is 77.0 Å². The molecule has 0 aromatic carbocycles. The lowest BCUT2D eigenvalue weighted by Gasteiger charge is -2.40. The van der Waals surface area contributed by atoms with Crippen LogP contribution in [0.4, 0.5) is 0 Å². The summed E-state index contributed by atoms with van der Waals surface area (Å²) in [5.74, 6) is 1.60. The maximum absolute atomic E-state index is 6.24. The quantitative estimate of drug-likeness (QED) is 0.521. The highest BCUT2D eigenvalue weighted by atomic mass is 16.5. The number of ether oxygens (including phenoxy) is 3. The number of hydrogen-bond acceptors (Lipinski definition) is 7. The van der Waals surface area contributed by atoms with E-state index in [2.05, 4.69) is 34.7 Å². The fourth-order valence-corrected chi connectivity index (χ4v) is 6.38. The minimum Gasteiger partial charge on any atom is -0.381 e. The van der Waals surface area contributed by atoms with Gasteiger partial charge >= 0.3 is 0 Å². The van der Waals surface area contributed by atoms with Crippen LogP contribution in [-0.2, 0) is 14.2 Å². The zero-order valence-corrected chi connectivity index (χ0v) is 20.7. The van der Waals surface area contributed by atoms with Crippen molar-refractivity contribution < 1.29 is 15.6 Å². The molecule has 2 aliphatic carbocycles. The van der Waals surface area contributed by atoms with Crippen LogP contribution in [0, 0.1) is 11.8 Å². The summed E-state index contributed by atoms with van der Waals surface area (Å²) in [6, 6.07) is 0.592. The Morgan fingerprint density at radius 1 is 0.875 bits per heavy atom. The summed E-state index contributed by atoms with van der Waals surface area (Å²) in [6.07, 6.45) is 11.7. The lowest BCUT2D eigenvalue weighted by atomic mass is 9.78. The lowest BCUT2D eigenvalue weighted by molar-refractivity contribution is -0.0777. The predicted molar refractivity (Wildman–Crippen MR) is 130 cm³/mol. The molecule has 4 fully saturated rings. The second-order valence-corrected chi connectivity index (χ2v) is 10.8. The lowest BCUT2D eigenvalue weighted by Crippen LogP contribution is -2.63. The van der Waals surface area contributed by atoms with Gasteiger partial charge in [-0.15, -0.1) is 0 Å². The van der Waals surface area contributed by atoms with Crippen molar-refractivity contribution in [3.63, 3.8) is 0 Å². The highest BCUT2D eigenvalue weighted by Gasteiger charge is 2.32. The van der Waals surface area contributed by atoms with E-state index in [-0.39, 0.29) is 7.72 Å². The van der Waals surface area contributed by atoms with Crippen LogP contribution in [0.1, 0.15) is 66.6 Å². The first-order valence-electron chi connectivity index (χ1n) is 13.3. The van der Waals surface area contributed by atoms with Gasteiger partial charge in [0, 0.05) is 47.3 Å². The number of morpholine rings is 1. The molecule has 0 aromatic rings. The average molecular weight is 455 g/mol. The molecule has 2 heterocycles. The summed E-state index contributed by atoms with van der Waals surface area (Å²) in [6.45, 7) is 10.5. The maximum atomic E-state index is 6.24. The summed E-state index contributed by atoms with van der Waals surface area (Å²) in [7, 11) is 1.86. The summed E-state index contributed by atoms with van der Waals surface area (Å²) < 4.78 is 17.6. The fourth-order valence-electron chi connectivity index (χ4n) is 6.38. The molecule has 188 valence electrons. The molecule has 32 heavy (non-hydrogen) atoms. The highest BCUT2D eigenvalue weighted by Crippen LogP contribution is 2.32. The van der Waals surface area contributed by atoms with Gasteiger partial charge < -0.3 is 14.2 Å². The molecule has 0 bridgehead atoms. The van der Waals surface area contributed by atoms with Crippen LogP contribution in [0.15, 0.2) is 0 Å². The van der Waals surface area contributed by atoms with Crippen molar-refractivity contribution in [1.29, 1.82) is 0 Å². The van der Waals surface area contributed by atoms with Crippen molar-refractivity contribution in [3.05, 3.63) is 0 Å². The van der Waals surface area contributed by atoms with E-state index >= 15 is 0 Å². The molecule has 3 N–H and O–H groups in total. The highest BCUT2D eigenvalue weighted by molar-refractivity contribution is 4.87. The first-order valence-corrected chi connectivity index (χ1v) is 13.3. The van der Waals surface area contributed by atoms with E-state index in [1.54, 1.807) is 0 Å². The summed E-state index contributed by atoms with van der Waals surface area (Å²) in [4.78, 5) is 2.49. The van der Waals surface area contributed by atoms with Gasteiger partial charge in [0.1, 0.15) is 6.29 Å². The molecule has 7 nitrogen and oxygen atoms in total. The normalized spacial score (nSPS) is 42.1. The van der Waals surface area contributed by atoms with Crippen LogP contribution < -0.4 is 16.0 Å². The summed E-state index contributed by atoms with van der Waals surface area (Å²) >= 11 is 0. The molecule has 2 saturated heterocycles. The minimum atomic E-state index is 0. The van der Waals surface area contributed by atoms with E-state index in [1.165, 1.54) is 51.4 Å². The second-order valence-electron chi connectivity index (χ2n) is 10.8. The van der Waals surface area contributed by atoms with Crippen LogP contribution in [0.2, 0.25) is 0 Å². The maximum Gasteiger partial charge on any atom is 0.112 e. The van der Waals surface area contributed by atoms with Crippen LogP contribution in [0.25, 0.3) is 0 Å². The molecule has 2 saturated carbocycles. The molecule has 4 aliphatic rings. The van der Waals surface area contributed by atoms with Crippen molar-refractivity contribution in [2.75, 3.05) is 46.4 Å². The summed E-state index contributed by atoms with van der Waals surface area (Å²) in [5, 5.41) is 11.3. The van der Waals surface area contributed by atoms with E-state index in [4.69, 9.17) is 14.2 Å². The Morgan fingerprint density at radius 3 is 2.12 bits per heavy atom. The molecule has 2 unspecified atom stereocenters. The Kier molecular flexibility index (Phi) is 9.65. The number of rotatable bonds is 8. The Bertz CT molecular complexity index is 526. The second kappa shape index (κ2) is 12.4. The van der Waals surface area contributed by atoms with Gasteiger partial charge in [0.2, 0.25) is 0 Å². The molecule has 0 spiro atoms. The molecule has 7 heteroatoms. The monoisotopic (exact) mass is 454 g/mol. The molecule has 0 amide bonds. The van der Waals surface area contributed by atoms with E-state index in [9.17, 15) is 0 Å². The smallest absolute Gasteiger partial charge is 0.112 e. The minimum absolute atomic E-state index is 0. The van der Waals surface area contributed by atoms with E-state index < -0.39 is 0 Å². The van der Waals surface area contributed by atoms with Crippen LogP contribution >= 0.6 is 0 Å². The summed E-state index contributed by atoms with van der Waals surface area (Å²) in [5.41, 5.74) is 0. The topological polar surface area (TPSA) is 67.0 Å². The molecule has 2 aliphatic heterocycles. The van der Waals surface area contributed by atoms with E-state index in [0.29, 0.717) is 30.5 Å². The van der Waals surface area contributed by atoms with Gasteiger partial charge in [0.25, 0.3) is 0 Å². The Hall–Kier alpha value is -0.280. The van der Waals surface area contributed by atoms with Gasteiger partial charge in [-0.25, -0.2) is 0 Å². The zero-order chi connectivity index (χ0) is 22.3. The van der Waals surface area contributed by atoms with Gasteiger partial charge in [0.05, 0.1) is 31.0 Å². The van der Waals surface area contributed by atoms with Crippen molar-refractivity contribution in [3.8, 4) is 0 Å². The number of hydrogen-bond donors (Lipinski definition) is 3. The van der Waals surface area contributed by atoms with Crippen LogP contribution in [0.5, 0.6) is 0 Å². The van der Waals surface area contributed by atoms with Crippen molar-refractivity contribution in [2.24, 2.45) is 11.8 Å². The third kappa shape index (κ3) is 7.36. The van der Waals surface area contributed by atoms with E-state index in [1.807, 2.05) is 7.11 Å². The van der Waals surface area contributed by atoms with Gasteiger partial charge in [-0.1, -0.05) is 0 Å². The van der Waals surface area contributed by atoms with Crippen molar-refractivity contribution >= 4 is 0 Å². The molecule has 0 aromatic heterocycles. The molecule has 0 radical (unpaired) electrons. The van der Waals surface area contributed by atoms with Crippen molar-refractivity contribution in [1.82, 2.24) is 20.9 Å². The standard InChI is InChI=1S/C25H48N4O3.H2/c1-18-16-29(17-19(2)32-18)12-13-31-24-10-6-22(7-11-24)28-25-26-14-21(15-27-25)20-4-8-23(30-3)9-5-20;/h18-28H,4-17H2,1-3H3;1H. The van der Waals surface area contributed by atoms with Crippen LogP contribution in [0.3, 0.4) is 0 Å². The van der Waals surface area contributed by atoms with Crippen molar-refractivity contribution in [2.45, 2.75) is 102 Å². The predicted octanol–water partition coefficient (Wildman–Crippen LogP) is 2.56. The first-order chi connectivity index (χ1) is 15.6. The fraction of sp³-hybridized carbons (Fsp3) is 1.00. The molecule has 4 rings (SSSR count). The Morgan fingerprint density at radius 2 is 1.50 bits per heavy atom. The molecular weight excluding hydrogens is 404 g/mol. The van der Waals surface area contributed by atoms with Gasteiger partial charge in [0.15, 0.2) is 0 Å². The first kappa shape index (κ1) is 24.8. The largest absolute Gasteiger partial charge is 0.381 e. The van der Waals surface area contributed by atoms with Crippen LogP contribution in [-0.4, -0.2) is 88.1 Å². The number of methoxy groups -OCH3 is 1. The average Bonchev–Trinajstić information content (AvgIpc) is 2.80. The van der Waals surface area contributed by atoms with E-state index in [0.717, 1.165) is 51.2 Å². The molecule has 2 atom stereocenters. The number of nitrogens with one attached hydrogen (secondary N) is 3. The zero-order valence-electron chi connectivity index (χ0n) is 20.7. The Balaban J connectivity index is 0.00000306. The van der Waals surface area contributed by atoms with Gasteiger partial charge in [-0.3, -0.25) is 20.9 Å². The SMILES string of the molecule is COC1CCC(C2CNC(NC3CCC(OCCN4CC(C)OC(C)C4)CC3)NC2)CC1.[HH]. The third-order valence-electron chi connectivity index (χ3n) is 8.22. The molecular formula is C25H50N4O3.